The summed E-state index contributed by atoms with van der Waals surface area (Å²) in [4.78, 5) is 11.6. The van der Waals surface area contributed by atoms with Crippen LogP contribution in [0.5, 0.6) is 11.5 Å². The molecule has 1 heterocycles. The number of carboxylic acids is 1. The minimum Gasteiger partial charge on any atom is -0.504 e. The first-order valence-corrected chi connectivity index (χ1v) is 9.55. The van der Waals surface area contributed by atoms with Crippen molar-refractivity contribution in [1.29, 1.82) is 0 Å². The second-order valence-corrected chi connectivity index (χ2v) is 6.96. The molecule has 3 aromatic rings. The summed E-state index contributed by atoms with van der Waals surface area (Å²) < 4.78 is 2.33. The summed E-state index contributed by atoms with van der Waals surface area (Å²) in [6, 6.07) is 13.4. The Morgan fingerprint density at radius 1 is 1.17 bits per heavy atom. The van der Waals surface area contributed by atoms with Crippen LogP contribution >= 0.6 is 12.2 Å². The van der Waals surface area contributed by atoms with Crippen molar-refractivity contribution < 1.29 is 20.1 Å². The normalized spacial score (nSPS) is 12.0. The number of hydrogen-bond acceptors (Lipinski definition) is 6. The van der Waals surface area contributed by atoms with Crippen LogP contribution in [0.15, 0.2) is 48.5 Å². The molecule has 0 saturated carbocycles. The number of phenols is 2. The van der Waals surface area contributed by atoms with E-state index >= 15 is 0 Å². The van der Waals surface area contributed by atoms with Gasteiger partial charge < -0.3 is 25.2 Å². The third-order valence-electron chi connectivity index (χ3n) is 4.60. The Morgan fingerprint density at radius 3 is 2.66 bits per heavy atom. The number of benzene rings is 2. The van der Waals surface area contributed by atoms with Crippen LogP contribution in [0, 0.1) is 4.77 Å². The molecular weight excluding hydrogens is 392 g/mol. The molecule has 0 aliphatic carbocycles. The van der Waals surface area contributed by atoms with Gasteiger partial charge in [-0.05, 0) is 31.1 Å². The minimum atomic E-state index is -0.983. The number of aromatic hydroxyl groups is 2. The standard InChI is InChI=1S/C20H22N4O4S/c25-16-10-4-8-14(17(16)26)12-21-15(19(27)28)9-5-11-24-18(22-23-20(24)29)13-6-2-1-3-7-13/h1-4,6-8,10,15,21,25-26H,5,9,11-12H2,(H,23,29)(H,27,28)/t15-/m0/s1. The molecule has 152 valence electrons. The molecule has 0 radical (unpaired) electrons. The van der Waals surface area contributed by atoms with Gasteiger partial charge in [-0.2, -0.15) is 5.10 Å². The fraction of sp³-hybridized carbons (Fsp3) is 0.250. The molecule has 0 unspecified atom stereocenters. The lowest BCUT2D eigenvalue weighted by Crippen LogP contribution is -2.36. The van der Waals surface area contributed by atoms with Crippen molar-refractivity contribution in [2.24, 2.45) is 0 Å². The molecule has 29 heavy (non-hydrogen) atoms. The molecule has 0 spiro atoms. The van der Waals surface area contributed by atoms with Gasteiger partial charge in [0.1, 0.15) is 6.04 Å². The molecule has 5 N–H and O–H groups in total. The molecule has 0 aliphatic heterocycles. The van der Waals surface area contributed by atoms with Crippen molar-refractivity contribution in [3.05, 3.63) is 58.9 Å². The summed E-state index contributed by atoms with van der Waals surface area (Å²) in [6.07, 6.45) is 0.916. The number of carbonyl (C=O) groups is 1. The molecular formula is C20H22N4O4S. The van der Waals surface area contributed by atoms with Gasteiger partial charge in [0.25, 0.3) is 0 Å². The first-order valence-electron chi connectivity index (χ1n) is 9.14. The van der Waals surface area contributed by atoms with Crippen LogP contribution in [0.25, 0.3) is 11.4 Å². The highest BCUT2D eigenvalue weighted by atomic mass is 32.1. The summed E-state index contributed by atoms with van der Waals surface area (Å²) in [7, 11) is 0. The van der Waals surface area contributed by atoms with Gasteiger partial charge >= 0.3 is 5.97 Å². The number of carboxylic acid groups (broad SMARTS) is 1. The fourth-order valence-electron chi connectivity index (χ4n) is 3.05. The Kier molecular flexibility index (Phi) is 6.63. The van der Waals surface area contributed by atoms with Crippen LogP contribution in [0.1, 0.15) is 18.4 Å². The Hall–Kier alpha value is -3.17. The average molecular weight is 414 g/mol. The number of hydrogen-bond donors (Lipinski definition) is 5. The van der Waals surface area contributed by atoms with Crippen LogP contribution in [0.3, 0.4) is 0 Å². The van der Waals surface area contributed by atoms with E-state index in [0.717, 1.165) is 5.56 Å². The Morgan fingerprint density at radius 2 is 1.93 bits per heavy atom. The van der Waals surface area contributed by atoms with E-state index in [2.05, 4.69) is 15.5 Å². The Labute approximate surface area is 172 Å². The largest absolute Gasteiger partial charge is 0.504 e. The number of aliphatic carboxylic acids is 1. The molecule has 2 aromatic carbocycles. The van der Waals surface area contributed by atoms with Crippen molar-refractivity contribution in [2.75, 3.05) is 0 Å². The van der Waals surface area contributed by atoms with Gasteiger partial charge in [0, 0.05) is 24.2 Å². The number of aromatic amines is 1. The van der Waals surface area contributed by atoms with Crippen LogP contribution in [0.2, 0.25) is 0 Å². The summed E-state index contributed by atoms with van der Waals surface area (Å²) in [6.45, 7) is 0.639. The SMILES string of the molecule is O=C(O)[C@H](CCCn1c(-c2ccccc2)n[nH]c1=S)NCc1cccc(O)c1O. The van der Waals surface area contributed by atoms with E-state index in [4.69, 9.17) is 12.2 Å². The van der Waals surface area contributed by atoms with E-state index < -0.39 is 12.0 Å². The van der Waals surface area contributed by atoms with Crippen LogP contribution in [0.4, 0.5) is 0 Å². The van der Waals surface area contributed by atoms with E-state index in [9.17, 15) is 20.1 Å². The molecule has 8 nitrogen and oxygen atoms in total. The lowest BCUT2D eigenvalue weighted by molar-refractivity contribution is -0.139. The fourth-order valence-corrected chi connectivity index (χ4v) is 3.28. The molecule has 0 fully saturated rings. The van der Waals surface area contributed by atoms with Crippen LogP contribution in [-0.2, 0) is 17.9 Å². The predicted octanol–water partition coefficient (Wildman–Crippen LogP) is 3.04. The Balaban J connectivity index is 1.62. The van der Waals surface area contributed by atoms with Crippen LogP contribution in [-0.4, -0.2) is 42.1 Å². The number of rotatable bonds is 9. The third-order valence-corrected chi connectivity index (χ3v) is 4.91. The topological polar surface area (TPSA) is 123 Å². The molecule has 1 aromatic heterocycles. The molecule has 1 atom stereocenters. The highest BCUT2D eigenvalue weighted by Gasteiger charge is 2.18. The highest BCUT2D eigenvalue weighted by molar-refractivity contribution is 7.71. The first-order chi connectivity index (χ1) is 14.0. The number of H-pyrrole nitrogens is 1. The van der Waals surface area contributed by atoms with E-state index in [-0.39, 0.29) is 18.0 Å². The number of aromatic nitrogens is 3. The monoisotopic (exact) mass is 414 g/mol. The number of nitrogens with one attached hydrogen (secondary N) is 2. The summed E-state index contributed by atoms with van der Waals surface area (Å²) in [5, 5.41) is 38.9. The van der Waals surface area contributed by atoms with E-state index in [0.29, 0.717) is 35.5 Å². The molecule has 0 bridgehead atoms. The van der Waals surface area contributed by atoms with E-state index in [1.165, 1.54) is 6.07 Å². The number of phenolic OH excluding ortho intramolecular Hbond substituents is 2. The van der Waals surface area contributed by atoms with Crippen molar-refractivity contribution in [2.45, 2.75) is 32.0 Å². The highest BCUT2D eigenvalue weighted by Crippen LogP contribution is 2.28. The second kappa shape index (κ2) is 9.35. The van der Waals surface area contributed by atoms with Crippen molar-refractivity contribution in [3.8, 4) is 22.9 Å². The van der Waals surface area contributed by atoms with Crippen molar-refractivity contribution in [3.63, 3.8) is 0 Å². The average Bonchev–Trinajstić information content (AvgIpc) is 3.08. The van der Waals surface area contributed by atoms with Gasteiger partial charge in [-0.25, -0.2) is 0 Å². The van der Waals surface area contributed by atoms with Gasteiger partial charge in [-0.3, -0.25) is 9.89 Å². The zero-order chi connectivity index (χ0) is 20.8. The lowest BCUT2D eigenvalue weighted by atomic mass is 10.1. The maximum Gasteiger partial charge on any atom is 0.320 e. The number of nitrogens with zero attached hydrogens (tertiary/aromatic N) is 2. The zero-order valence-electron chi connectivity index (χ0n) is 15.6. The van der Waals surface area contributed by atoms with Gasteiger partial charge in [0.05, 0.1) is 0 Å². The quantitative estimate of drug-likeness (QED) is 0.269. The summed E-state index contributed by atoms with van der Waals surface area (Å²) in [5.74, 6) is -0.760. The van der Waals surface area contributed by atoms with Gasteiger partial charge in [-0.15, -0.1) is 0 Å². The van der Waals surface area contributed by atoms with Crippen molar-refractivity contribution in [1.82, 2.24) is 20.1 Å². The molecule has 0 aliphatic rings. The number of para-hydroxylation sites is 1. The van der Waals surface area contributed by atoms with E-state index in [1.54, 1.807) is 12.1 Å². The van der Waals surface area contributed by atoms with Crippen molar-refractivity contribution >= 4 is 18.2 Å². The lowest BCUT2D eigenvalue weighted by Gasteiger charge is -2.16. The molecule has 9 heteroatoms. The second-order valence-electron chi connectivity index (χ2n) is 6.57. The minimum absolute atomic E-state index is 0.123. The van der Waals surface area contributed by atoms with Gasteiger partial charge in [0.15, 0.2) is 22.1 Å². The smallest absolute Gasteiger partial charge is 0.320 e. The van der Waals surface area contributed by atoms with Gasteiger partial charge in [-0.1, -0.05) is 42.5 Å². The maximum atomic E-state index is 11.6. The maximum absolute atomic E-state index is 11.6. The van der Waals surface area contributed by atoms with Crippen LogP contribution < -0.4 is 5.32 Å². The summed E-state index contributed by atoms with van der Waals surface area (Å²) >= 11 is 5.31. The summed E-state index contributed by atoms with van der Waals surface area (Å²) in [5.41, 5.74) is 1.35. The third kappa shape index (κ3) is 5.01. The molecule has 3 rings (SSSR count). The first kappa shape index (κ1) is 20.6. The molecule has 0 saturated heterocycles. The van der Waals surface area contributed by atoms with E-state index in [1.807, 2.05) is 34.9 Å². The molecule has 0 amide bonds. The van der Waals surface area contributed by atoms with Gasteiger partial charge in [0.2, 0.25) is 0 Å². The predicted molar refractivity (Wildman–Crippen MR) is 110 cm³/mol. The zero-order valence-corrected chi connectivity index (χ0v) is 16.4. The Bertz CT molecular complexity index is 1030.